The van der Waals surface area contributed by atoms with Crippen LogP contribution in [0.2, 0.25) is 0 Å². The molecule has 2 aliphatic heterocycles. The smallest absolute Gasteiger partial charge is 0.257 e. The van der Waals surface area contributed by atoms with E-state index in [4.69, 9.17) is 14.2 Å². The van der Waals surface area contributed by atoms with E-state index in [-0.39, 0.29) is 48.3 Å². The van der Waals surface area contributed by atoms with E-state index in [2.05, 4.69) is 5.32 Å². The van der Waals surface area contributed by atoms with E-state index in [1.54, 1.807) is 37.3 Å². The van der Waals surface area contributed by atoms with Crippen LogP contribution in [0.15, 0.2) is 18.2 Å². The van der Waals surface area contributed by atoms with Crippen molar-refractivity contribution in [2.24, 2.45) is 11.8 Å². The van der Waals surface area contributed by atoms with Gasteiger partial charge in [-0.1, -0.05) is 6.92 Å². The second kappa shape index (κ2) is 11.7. The number of rotatable bonds is 3. The second-order valence-corrected chi connectivity index (χ2v) is 9.37. The number of methoxy groups -OCH3 is 1. The summed E-state index contributed by atoms with van der Waals surface area (Å²) in [6.45, 7) is 7.71. The topological polar surface area (TPSA) is 97.4 Å². The van der Waals surface area contributed by atoms with Crippen molar-refractivity contribution < 1.29 is 28.6 Å². The summed E-state index contributed by atoms with van der Waals surface area (Å²) < 4.78 is 17.3. The third-order valence-electron chi connectivity index (χ3n) is 6.62. The molecule has 1 saturated heterocycles. The summed E-state index contributed by atoms with van der Waals surface area (Å²) in [5.74, 6) is 0.00983. The molecule has 9 nitrogen and oxygen atoms in total. The molecule has 9 heteroatoms. The molecule has 1 aromatic carbocycles. The summed E-state index contributed by atoms with van der Waals surface area (Å²) in [4.78, 5) is 41.8. The quantitative estimate of drug-likeness (QED) is 0.721. The Kier molecular flexibility index (Phi) is 8.90. The van der Waals surface area contributed by atoms with E-state index in [9.17, 15) is 14.4 Å². The van der Waals surface area contributed by atoms with Gasteiger partial charge in [0.25, 0.3) is 5.91 Å². The van der Waals surface area contributed by atoms with Gasteiger partial charge in [-0.05, 0) is 31.9 Å². The van der Waals surface area contributed by atoms with Gasteiger partial charge in [-0.3, -0.25) is 14.4 Å². The van der Waals surface area contributed by atoms with Crippen LogP contribution >= 0.6 is 0 Å². The highest BCUT2D eigenvalue weighted by atomic mass is 16.5. The highest BCUT2D eigenvalue weighted by Crippen LogP contribution is 2.28. The van der Waals surface area contributed by atoms with E-state index in [0.717, 1.165) is 0 Å². The Bertz CT molecular complexity index is 885. The molecule has 34 heavy (non-hydrogen) atoms. The monoisotopic (exact) mass is 475 g/mol. The van der Waals surface area contributed by atoms with Gasteiger partial charge in [0.1, 0.15) is 12.4 Å². The Hall–Kier alpha value is -2.65. The number of ether oxygens (including phenoxy) is 3. The van der Waals surface area contributed by atoms with Crippen LogP contribution in [0.4, 0.5) is 5.69 Å². The van der Waals surface area contributed by atoms with Crippen LogP contribution in [0, 0.1) is 11.8 Å². The molecule has 0 aliphatic carbocycles. The lowest BCUT2D eigenvalue weighted by Crippen LogP contribution is -2.50. The first-order valence-corrected chi connectivity index (χ1v) is 11.9. The SMILES string of the molecule is CO[C@@H]1CN(C)C(=O)c2ccc(NC(C)=O)cc2OC[C@H](C)N(C(=O)C2CCOCC2)C[C@@H]1C. The average Bonchev–Trinajstić information content (AvgIpc) is 2.82. The maximum Gasteiger partial charge on any atom is 0.257 e. The van der Waals surface area contributed by atoms with Crippen molar-refractivity contribution in [1.29, 1.82) is 0 Å². The minimum atomic E-state index is -0.242. The van der Waals surface area contributed by atoms with E-state index >= 15 is 0 Å². The summed E-state index contributed by atoms with van der Waals surface area (Å²) >= 11 is 0. The molecule has 2 heterocycles. The number of likely N-dealkylation sites (N-methyl/N-ethyl adjacent to an activating group) is 1. The predicted octanol–water partition coefficient (Wildman–Crippen LogP) is 2.40. The van der Waals surface area contributed by atoms with E-state index in [1.165, 1.54) is 6.92 Å². The normalized spacial score (nSPS) is 25.0. The highest BCUT2D eigenvalue weighted by molar-refractivity contribution is 5.98. The summed E-state index contributed by atoms with van der Waals surface area (Å²) in [5, 5.41) is 2.73. The lowest BCUT2D eigenvalue weighted by Gasteiger charge is -2.38. The predicted molar refractivity (Wildman–Crippen MR) is 128 cm³/mol. The van der Waals surface area contributed by atoms with Crippen molar-refractivity contribution in [3.8, 4) is 5.75 Å². The fourth-order valence-electron chi connectivity index (χ4n) is 4.54. The molecule has 0 bridgehead atoms. The molecule has 1 aromatic rings. The standard InChI is InChI=1S/C25H37N3O6/c1-16-13-28(24(30)19-8-10-33-11-9-19)17(2)15-34-22-12-20(26-18(3)29)6-7-21(22)25(31)27(4)14-23(16)32-5/h6-7,12,16-17,19,23H,8-11,13-15H2,1-5H3,(H,26,29)/t16-,17-,23+/m0/s1. The number of carbonyl (C=O) groups excluding carboxylic acids is 3. The van der Waals surface area contributed by atoms with Gasteiger partial charge in [0.05, 0.1) is 17.7 Å². The molecular weight excluding hydrogens is 438 g/mol. The van der Waals surface area contributed by atoms with Crippen LogP contribution in [0.25, 0.3) is 0 Å². The van der Waals surface area contributed by atoms with Crippen LogP contribution in [0.3, 0.4) is 0 Å². The minimum Gasteiger partial charge on any atom is -0.491 e. The largest absolute Gasteiger partial charge is 0.491 e. The zero-order chi connectivity index (χ0) is 24.8. The Morgan fingerprint density at radius 1 is 1.15 bits per heavy atom. The molecule has 2 aliphatic rings. The number of hydrogen-bond donors (Lipinski definition) is 1. The number of nitrogens with one attached hydrogen (secondary N) is 1. The van der Waals surface area contributed by atoms with Crippen molar-refractivity contribution in [3.05, 3.63) is 23.8 Å². The zero-order valence-corrected chi connectivity index (χ0v) is 20.8. The number of carbonyl (C=O) groups is 3. The third kappa shape index (κ3) is 6.27. The van der Waals surface area contributed by atoms with Crippen molar-refractivity contribution in [1.82, 2.24) is 9.80 Å². The van der Waals surface area contributed by atoms with E-state index in [0.29, 0.717) is 56.1 Å². The van der Waals surface area contributed by atoms with Gasteiger partial charge in [-0.2, -0.15) is 0 Å². The number of hydrogen-bond acceptors (Lipinski definition) is 6. The molecule has 3 rings (SSSR count). The molecule has 0 aromatic heterocycles. The van der Waals surface area contributed by atoms with Gasteiger partial charge >= 0.3 is 0 Å². The number of nitrogens with zero attached hydrogens (tertiary/aromatic N) is 2. The number of amides is 3. The molecular formula is C25H37N3O6. The average molecular weight is 476 g/mol. The van der Waals surface area contributed by atoms with E-state index < -0.39 is 0 Å². The van der Waals surface area contributed by atoms with Gasteiger partial charge < -0.3 is 29.3 Å². The van der Waals surface area contributed by atoms with Gasteiger partial charge in [-0.25, -0.2) is 0 Å². The van der Waals surface area contributed by atoms with Crippen molar-refractivity contribution >= 4 is 23.4 Å². The van der Waals surface area contributed by atoms with Gasteiger partial charge in [-0.15, -0.1) is 0 Å². The maximum absolute atomic E-state index is 13.5. The molecule has 1 N–H and O–H groups in total. The number of benzene rings is 1. The maximum atomic E-state index is 13.5. The molecule has 3 atom stereocenters. The van der Waals surface area contributed by atoms with Crippen LogP contribution in [-0.4, -0.2) is 86.7 Å². The molecule has 188 valence electrons. The van der Waals surface area contributed by atoms with Crippen LogP contribution in [0.5, 0.6) is 5.75 Å². The third-order valence-corrected chi connectivity index (χ3v) is 6.62. The van der Waals surface area contributed by atoms with E-state index in [1.807, 2.05) is 18.7 Å². The second-order valence-electron chi connectivity index (χ2n) is 9.37. The molecule has 1 fully saturated rings. The van der Waals surface area contributed by atoms with Crippen molar-refractivity contribution in [3.63, 3.8) is 0 Å². The van der Waals surface area contributed by atoms with Crippen molar-refractivity contribution in [2.75, 3.05) is 52.4 Å². The first-order valence-electron chi connectivity index (χ1n) is 11.9. The number of anilines is 1. The lowest BCUT2D eigenvalue weighted by atomic mass is 9.95. The lowest BCUT2D eigenvalue weighted by molar-refractivity contribution is -0.143. The minimum absolute atomic E-state index is 0.00697. The molecule has 0 radical (unpaired) electrons. The van der Waals surface area contributed by atoms with Crippen LogP contribution < -0.4 is 10.1 Å². The Morgan fingerprint density at radius 3 is 2.50 bits per heavy atom. The number of fused-ring (bicyclic) bond motifs is 1. The zero-order valence-electron chi connectivity index (χ0n) is 20.8. The van der Waals surface area contributed by atoms with Crippen LogP contribution in [-0.2, 0) is 19.1 Å². The first kappa shape index (κ1) is 26.0. The molecule has 0 spiro atoms. The Morgan fingerprint density at radius 2 is 1.85 bits per heavy atom. The molecule has 0 saturated carbocycles. The van der Waals surface area contributed by atoms with Crippen molar-refractivity contribution in [2.45, 2.75) is 45.8 Å². The van der Waals surface area contributed by atoms with Gasteiger partial charge in [0, 0.05) is 71.0 Å². The summed E-state index contributed by atoms with van der Waals surface area (Å²) in [6, 6.07) is 4.77. The highest BCUT2D eigenvalue weighted by Gasteiger charge is 2.33. The summed E-state index contributed by atoms with van der Waals surface area (Å²) in [6.07, 6.45) is 1.18. The van der Waals surface area contributed by atoms with Gasteiger partial charge in [0.15, 0.2) is 0 Å². The molecule has 3 amide bonds. The Balaban J connectivity index is 1.94. The van der Waals surface area contributed by atoms with Crippen LogP contribution in [0.1, 0.15) is 44.0 Å². The fourth-order valence-corrected chi connectivity index (χ4v) is 4.54. The fraction of sp³-hybridized carbons (Fsp3) is 0.640. The Labute approximate surface area is 201 Å². The summed E-state index contributed by atoms with van der Waals surface area (Å²) in [7, 11) is 3.36. The first-order chi connectivity index (χ1) is 16.2. The van der Waals surface area contributed by atoms with Gasteiger partial charge in [0.2, 0.25) is 11.8 Å². The summed E-state index contributed by atoms with van der Waals surface area (Å²) in [5.41, 5.74) is 0.939. The molecule has 0 unspecified atom stereocenters.